The third kappa shape index (κ3) is 2.46. The van der Waals surface area contributed by atoms with Gasteiger partial charge in [-0.15, -0.1) is 0 Å². The van der Waals surface area contributed by atoms with Crippen LogP contribution in [0, 0.1) is 6.92 Å². The van der Waals surface area contributed by atoms with Crippen LogP contribution in [0.3, 0.4) is 0 Å². The van der Waals surface area contributed by atoms with Crippen molar-refractivity contribution in [1.29, 1.82) is 0 Å². The Balaban J connectivity index is 2.23. The Morgan fingerprint density at radius 2 is 2.06 bits per heavy atom. The third-order valence-electron chi connectivity index (χ3n) is 3.42. The molecule has 0 radical (unpaired) electrons. The van der Waals surface area contributed by atoms with Gasteiger partial charge in [-0.2, -0.15) is 0 Å². The predicted molar refractivity (Wildman–Crippen MR) is 71.3 cm³/mol. The van der Waals surface area contributed by atoms with Gasteiger partial charge in [0.1, 0.15) is 5.54 Å². The normalized spacial score (nSPS) is 18.0. The molecule has 2 rings (SSSR count). The lowest BCUT2D eigenvalue weighted by Crippen LogP contribution is -2.43. The monoisotopic (exact) mass is 297 g/mol. The molecule has 0 atom stereocenters. The van der Waals surface area contributed by atoms with Crippen LogP contribution in [0.15, 0.2) is 22.7 Å². The molecule has 0 saturated heterocycles. The van der Waals surface area contributed by atoms with Gasteiger partial charge in [0.25, 0.3) is 0 Å². The van der Waals surface area contributed by atoms with Gasteiger partial charge in [-0.05, 0) is 37.5 Å². The van der Waals surface area contributed by atoms with Crippen LogP contribution in [-0.4, -0.2) is 16.6 Å². The van der Waals surface area contributed by atoms with Gasteiger partial charge in [-0.1, -0.05) is 34.8 Å². The summed E-state index contributed by atoms with van der Waals surface area (Å²) in [6, 6.07) is 5.86. The average Bonchev–Trinajstić information content (AvgIpc) is 2.73. The van der Waals surface area contributed by atoms with E-state index in [1.807, 2.05) is 25.1 Å². The van der Waals surface area contributed by atoms with Crippen molar-refractivity contribution in [2.45, 2.75) is 38.1 Å². The Labute approximate surface area is 109 Å². The van der Waals surface area contributed by atoms with E-state index in [0.717, 1.165) is 28.6 Å². The van der Waals surface area contributed by atoms with Crippen LogP contribution in [0.1, 0.15) is 31.2 Å². The number of benzene rings is 1. The first kappa shape index (κ1) is 12.4. The molecular formula is C13H16BrNO2. The maximum atomic E-state index is 11.4. The topological polar surface area (TPSA) is 49.3 Å². The van der Waals surface area contributed by atoms with Crippen LogP contribution < -0.4 is 5.32 Å². The lowest BCUT2D eigenvalue weighted by molar-refractivity contribution is -0.142. The molecule has 17 heavy (non-hydrogen) atoms. The Morgan fingerprint density at radius 3 is 2.59 bits per heavy atom. The van der Waals surface area contributed by atoms with Gasteiger partial charge < -0.3 is 10.4 Å². The molecule has 4 heteroatoms. The van der Waals surface area contributed by atoms with E-state index in [1.54, 1.807) is 0 Å². The number of carbonyl (C=O) groups is 1. The van der Waals surface area contributed by atoms with Crippen LogP contribution in [0.4, 0.5) is 5.69 Å². The van der Waals surface area contributed by atoms with Gasteiger partial charge in [0.2, 0.25) is 0 Å². The van der Waals surface area contributed by atoms with Gasteiger partial charge in [0.15, 0.2) is 0 Å². The van der Waals surface area contributed by atoms with Crippen molar-refractivity contribution in [2.75, 3.05) is 5.32 Å². The van der Waals surface area contributed by atoms with Crippen LogP contribution >= 0.6 is 15.9 Å². The zero-order valence-electron chi connectivity index (χ0n) is 9.79. The van der Waals surface area contributed by atoms with E-state index < -0.39 is 11.5 Å². The van der Waals surface area contributed by atoms with E-state index in [4.69, 9.17) is 0 Å². The second-order valence-electron chi connectivity index (χ2n) is 4.68. The van der Waals surface area contributed by atoms with Crippen molar-refractivity contribution >= 4 is 27.6 Å². The minimum Gasteiger partial charge on any atom is -0.480 e. The quantitative estimate of drug-likeness (QED) is 0.897. The van der Waals surface area contributed by atoms with Gasteiger partial charge in [0, 0.05) is 10.2 Å². The van der Waals surface area contributed by atoms with E-state index in [2.05, 4.69) is 21.2 Å². The summed E-state index contributed by atoms with van der Waals surface area (Å²) in [5.74, 6) is -0.744. The summed E-state index contributed by atoms with van der Waals surface area (Å²) in [7, 11) is 0. The number of aryl methyl sites for hydroxylation is 1. The molecule has 0 spiro atoms. The smallest absolute Gasteiger partial charge is 0.329 e. The van der Waals surface area contributed by atoms with E-state index >= 15 is 0 Å². The van der Waals surface area contributed by atoms with Crippen LogP contribution in [0.25, 0.3) is 0 Å². The zero-order chi connectivity index (χ0) is 12.5. The summed E-state index contributed by atoms with van der Waals surface area (Å²) < 4.78 is 1.00. The van der Waals surface area contributed by atoms with Crippen molar-refractivity contribution in [1.82, 2.24) is 0 Å². The standard InChI is InChI=1S/C13H16BrNO2/c1-9-4-5-10(8-11(9)14)15-13(12(16)17)6-2-3-7-13/h4-5,8,15H,2-3,6-7H2,1H3,(H,16,17). The lowest BCUT2D eigenvalue weighted by Gasteiger charge is -2.26. The summed E-state index contributed by atoms with van der Waals surface area (Å²) >= 11 is 3.46. The second kappa shape index (κ2) is 4.69. The van der Waals surface area contributed by atoms with Crippen molar-refractivity contribution in [3.05, 3.63) is 28.2 Å². The highest BCUT2D eigenvalue weighted by molar-refractivity contribution is 9.10. The lowest BCUT2D eigenvalue weighted by atomic mass is 9.97. The molecule has 0 unspecified atom stereocenters. The number of aliphatic carboxylic acids is 1. The molecule has 1 aromatic carbocycles. The number of hydrogen-bond donors (Lipinski definition) is 2. The third-order valence-corrected chi connectivity index (χ3v) is 4.28. The van der Waals surface area contributed by atoms with Gasteiger partial charge >= 0.3 is 5.97 Å². The molecular weight excluding hydrogens is 282 g/mol. The SMILES string of the molecule is Cc1ccc(NC2(C(=O)O)CCCC2)cc1Br. The molecule has 1 fully saturated rings. The number of anilines is 1. The highest BCUT2D eigenvalue weighted by Gasteiger charge is 2.41. The van der Waals surface area contributed by atoms with Crippen molar-refractivity contribution in [2.24, 2.45) is 0 Å². The van der Waals surface area contributed by atoms with E-state index in [9.17, 15) is 9.90 Å². The predicted octanol–water partition coefficient (Wildman–Crippen LogP) is 3.57. The highest BCUT2D eigenvalue weighted by atomic mass is 79.9. The fraction of sp³-hybridized carbons (Fsp3) is 0.462. The largest absolute Gasteiger partial charge is 0.480 e. The molecule has 1 aromatic rings. The fourth-order valence-electron chi connectivity index (χ4n) is 2.32. The molecule has 0 bridgehead atoms. The molecule has 3 nitrogen and oxygen atoms in total. The highest BCUT2D eigenvalue weighted by Crippen LogP contribution is 2.34. The Hall–Kier alpha value is -1.03. The molecule has 1 aliphatic rings. The Bertz CT molecular complexity index is 439. The summed E-state index contributed by atoms with van der Waals surface area (Å²) in [6.07, 6.45) is 3.36. The molecule has 0 aromatic heterocycles. The van der Waals surface area contributed by atoms with Gasteiger partial charge in [-0.3, -0.25) is 0 Å². The molecule has 0 amide bonds. The van der Waals surface area contributed by atoms with Crippen LogP contribution in [0.2, 0.25) is 0 Å². The first-order valence-electron chi connectivity index (χ1n) is 5.81. The van der Waals surface area contributed by atoms with Crippen LogP contribution in [0.5, 0.6) is 0 Å². The maximum Gasteiger partial charge on any atom is 0.329 e. The number of carboxylic acids is 1. The first-order chi connectivity index (χ1) is 8.03. The number of nitrogens with one attached hydrogen (secondary N) is 1. The summed E-state index contributed by atoms with van der Waals surface area (Å²) in [4.78, 5) is 11.4. The Morgan fingerprint density at radius 1 is 1.41 bits per heavy atom. The number of hydrogen-bond acceptors (Lipinski definition) is 2. The van der Waals surface area contributed by atoms with Crippen molar-refractivity contribution in [3.63, 3.8) is 0 Å². The minimum absolute atomic E-state index is 0.702. The minimum atomic E-state index is -0.769. The molecule has 0 aliphatic heterocycles. The number of carboxylic acid groups (broad SMARTS) is 1. The first-order valence-corrected chi connectivity index (χ1v) is 6.60. The average molecular weight is 298 g/mol. The Kier molecular flexibility index (Phi) is 3.43. The summed E-state index contributed by atoms with van der Waals surface area (Å²) in [5.41, 5.74) is 1.24. The summed E-state index contributed by atoms with van der Waals surface area (Å²) in [6.45, 7) is 2.01. The van der Waals surface area contributed by atoms with Crippen molar-refractivity contribution in [3.8, 4) is 0 Å². The fourth-order valence-corrected chi connectivity index (χ4v) is 2.70. The zero-order valence-corrected chi connectivity index (χ0v) is 11.4. The van der Waals surface area contributed by atoms with E-state index in [0.29, 0.717) is 12.8 Å². The molecule has 1 saturated carbocycles. The van der Waals surface area contributed by atoms with E-state index in [1.165, 1.54) is 0 Å². The van der Waals surface area contributed by atoms with Crippen molar-refractivity contribution < 1.29 is 9.90 Å². The molecule has 2 N–H and O–H groups in total. The number of halogens is 1. The van der Waals surface area contributed by atoms with Crippen LogP contribution in [-0.2, 0) is 4.79 Å². The van der Waals surface area contributed by atoms with Gasteiger partial charge in [0.05, 0.1) is 0 Å². The molecule has 92 valence electrons. The summed E-state index contributed by atoms with van der Waals surface area (Å²) in [5, 5.41) is 12.6. The van der Waals surface area contributed by atoms with E-state index in [-0.39, 0.29) is 0 Å². The molecule has 1 aliphatic carbocycles. The van der Waals surface area contributed by atoms with Gasteiger partial charge in [-0.25, -0.2) is 4.79 Å². The molecule has 0 heterocycles. The number of rotatable bonds is 3. The maximum absolute atomic E-state index is 11.4. The second-order valence-corrected chi connectivity index (χ2v) is 5.54.